The average molecular weight is 1590 g/mol. The van der Waals surface area contributed by atoms with Crippen molar-refractivity contribution in [2.45, 2.75) is 118 Å². The van der Waals surface area contributed by atoms with Crippen molar-refractivity contribution in [2.24, 2.45) is 26.2 Å². The maximum absolute atomic E-state index is 12.2. The first-order chi connectivity index (χ1) is 45.6. The Balaban J connectivity index is 0.000000242. The second-order valence-electron chi connectivity index (χ2n) is 23.6. The summed E-state index contributed by atoms with van der Waals surface area (Å²) in [6.07, 6.45) is 0.963. The molecule has 2 aromatic heterocycles. The summed E-state index contributed by atoms with van der Waals surface area (Å²) >= 11 is 53.2. The smallest absolute Gasteiger partial charge is 0.550 e. The molecule has 0 saturated carbocycles. The van der Waals surface area contributed by atoms with Crippen LogP contribution in [-0.2, 0) is 47.7 Å². The molecule has 0 radical (unpaired) electrons. The molecule has 0 N–H and O–H groups in total. The molecule has 5 aromatic rings. The predicted octanol–water partition coefficient (Wildman–Crippen LogP) is 9.10. The number of carbonyl (C=O) groups is 8. The molecule has 0 aliphatic carbocycles. The number of hydrogen-bond donors (Lipinski definition) is 0. The number of benzene rings is 3. The Morgan fingerprint density at radius 3 is 1.23 bits per heavy atom. The third kappa shape index (κ3) is 22.0. The van der Waals surface area contributed by atoms with E-state index in [1.165, 1.54) is 45.4 Å². The molecule has 0 bridgehead atoms. The summed E-state index contributed by atoms with van der Waals surface area (Å²) in [5.74, 6) is -1.65. The molecule has 1 saturated heterocycles. The molecule has 3 amide bonds. The van der Waals surface area contributed by atoms with Gasteiger partial charge in [0.2, 0.25) is 35.4 Å². The molecule has 0 unspecified atom stereocenters. The Morgan fingerprint density at radius 2 is 0.879 bits per heavy atom. The number of amides is 3. The number of rotatable bonds is 11. The van der Waals surface area contributed by atoms with Gasteiger partial charge < -0.3 is 33.4 Å². The second-order valence-corrected chi connectivity index (χ2v) is 27.5. The van der Waals surface area contributed by atoms with E-state index in [1.54, 1.807) is 30.3 Å². The van der Waals surface area contributed by atoms with Gasteiger partial charge in [-0.3, -0.25) is 33.6 Å². The molecule has 99 heavy (non-hydrogen) atoms. The maximum Gasteiger partial charge on any atom is 1.00 e. The molecule has 10 rings (SSSR count). The second kappa shape index (κ2) is 35.7. The molecule has 520 valence electrons. The van der Waals surface area contributed by atoms with Gasteiger partial charge in [-0.1, -0.05) is 134 Å². The van der Waals surface area contributed by atoms with Crippen molar-refractivity contribution < 1.29 is 96.5 Å². The van der Waals surface area contributed by atoms with Crippen LogP contribution in [0.15, 0.2) is 80.5 Å². The van der Waals surface area contributed by atoms with Crippen molar-refractivity contribution in [1.82, 2.24) is 35.4 Å². The number of ether oxygens (including phenoxy) is 3. The zero-order valence-electron chi connectivity index (χ0n) is 55.9. The molecule has 25 nitrogen and oxygen atoms in total. The maximum atomic E-state index is 12.2. The van der Waals surface area contributed by atoms with E-state index in [2.05, 4.69) is 56.6 Å². The van der Waals surface area contributed by atoms with E-state index in [0.717, 1.165) is 33.1 Å². The van der Waals surface area contributed by atoms with Gasteiger partial charge in [-0.25, -0.2) is 20.0 Å². The van der Waals surface area contributed by atoms with Gasteiger partial charge in [0, 0.05) is 62.0 Å². The third-order valence-electron chi connectivity index (χ3n) is 14.6. The van der Waals surface area contributed by atoms with Crippen LogP contribution in [0.5, 0.6) is 29.0 Å². The first-order valence-corrected chi connectivity index (χ1v) is 33.1. The summed E-state index contributed by atoms with van der Waals surface area (Å²) in [5, 5.41) is 41.4. The van der Waals surface area contributed by atoms with E-state index >= 15 is 0 Å². The van der Waals surface area contributed by atoms with Crippen LogP contribution in [0.25, 0.3) is 0 Å². The fourth-order valence-corrected chi connectivity index (χ4v) is 11.3. The van der Waals surface area contributed by atoms with E-state index < -0.39 is 35.9 Å². The Bertz CT molecular complexity index is 4130. The van der Waals surface area contributed by atoms with E-state index in [4.69, 9.17) is 126 Å². The Morgan fingerprint density at radius 1 is 0.535 bits per heavy atom. The fraction of sp³-hybridized carbons (Fsp3) is 0.365. The van der Waals surface area contributed by atoms with Crippen molar-refractivity contribution in [1.29, 1.82) is 0 Å². The quantitative estimate of drug-likeness (QED) is 0.0878. The van der Waals surface area contributed by atoms with Gasteiger partial charge in [-0.2, -0.15) is 15.3 Å². The number of carbonyl (C=O) groups excluding carboxylic acids is 8. The predicted molar refractivity (Wildman–Crippen MR) is 376 cm³/mol. The first-order valence-electron chi connectivity index (χ1n) is 29.3. The van der Waals surface area contributed by atoms with Crippen molar-refractivity contribution in [2.75, 3.05) is 27.7 Å². The van der Waals surface area contributed by atoms with Crippen molar-refractivity contribution in [3.8, 4) is 29.0 Å². The Hall–Kier alpha value is -6.02. The zero-order chi connectivity index (χ0) is 73.3. The normalized spacial score (nSPS) is 16.4. The van der Waals surface area contributed by atoms with Crippen LogP contribution in [0.3, 0.4) is 0 Å². The number of aliphatic carboxylic acids is 1. The Labute approximate surface area is 640 Å². The minimum absolute atomic E-state index is 0. The molecule has 0 spiro atoms. The van der Waals surface area contributed by atoms with Gasteiger partial charge >= 0.3 is 36.7 Å². The third-order valence-corrected chi connectivity index (χ3v) is 17.4. The number of aromatic nitrogens is 4. The van der Waals surface area contributed by atoms with E-state index in [1.807, 2.05) is 69.2 Å². The van der Waals surface area contributed by atoms with Gasteiger partial charge in [0.1, 0.15) is 18.0 Å². The minimum Gasteiger partial charge on any atom is -0.550 e. The number of halogens is 9. The molecule has 7 heterocycles. The van der Waals surface area contributed by atoms with Crippen molar-refractivity contribution in [3.05, 3.63) is 123 Å². The van der Waals surface area contributed by atoms with Crippen LogP contribution in [0.2, 0.25) is 40.4 Å². The number of nitrogens with zero attached hydrogens (tertiary/aromatic N) is 11. The molecule has 3 aromatic carbocycles. The van der Waals surface area contributed by atoms with E-state index in [-0.39, 0.29) is 173 Å². The summed E-state index contributed by atoms with van der Waals surface area (Å²) in [6.45, 7) is 20.7. The number of Topliss-reactive ketones (excluding diaryl/α,β-unsaturated/α-hetero) is 4. The molecule has 1 fully saturated rings. The van der Waals surface area contributed by atoms with Crippen molar-refractivity contribution in [3.63, 3.8) is 0 Å². The number of carboxylic acid groups (broad SMARTS) is 1. The summed E-state index contributed by atoms with van der Waals surface area (Å²) in [5.41, 5.74) is 2.97. The van der Waals surface area contributed by atoms with Gasteiger partial charge in [-0.15, -0.1) is 20.4 Å². The summed E-state index contributed by atoms with van der Waals surface area (Å²) in [4.78, 5) is 93.8. The zero-order valence-corrected chi connectivity index (χ0v) is 65.5. The monoisotopic (exact) mass is 1590 g/mol. The summed E-state index contributed by atoms with van der Waals surface area (Å²) < 4.78 is 29.6. The van der Waals surface area contributed by atoms with Gasteiger partial charge in [0.25, 0.3) is 0 Å². The Kier molecular flexibility index (Phi) is 30.2. The van der Waals surface area contributed by atoms with Crippen LogP contribution in [0.1, 0.15) is 130 Å². The number of carboxylic acids is 1. The number of hydrazone groups is 3. The molecular formula is C63H62BBrCl8N11NaO14. The largest absolute Gasteiger partial charge is 1.00 e. The molecular weight excluding hydrogens is 1530 g/mol. The molecule has 5 aliphatic heterocycles. The van der Waals surface area contributed by atoms with Gasteiger partial charge in [0.15, 0.2) is 55.3 Å². The van der Waals surface area contributed by atoms with Gasteiger partial charge in [0.05, 0.1) is 60.6 Å². The number of hydrogen-bond acceptors (Lipinski definition) is 22. The van der Waals surface area contributed by atoms with Crippen LogP contribution < -0.4 is 54.3 Å². The van der Waals surface area contributed by atoms with E-state index in [0.29, 0.717) is 42.5 Å². The van der Waals surface area contributed by atoms with Gasteiger partial charge in [-0.05, 0) is 121 Å². The van der Waals surface area contributed by atoms with Crippen LogP contribution in [0, 0.1) is 5.92 Å². The molecule has 36 heteroatoms. The number of aliphatic imine (C=N–C) groups is 1. The van der Waals surface area contributed by atoms with Crippen LogP contribution in [-0.4, -0.2) is 150 Å². The minimum atomic E-state index is -1.08. The topological polar surface area (TPSA) is 316 Å². The van der Waals surface area contributed by atoms with Crippen molar-refractivity contribution >= 4 is 190 Å². The molecule has 5 aliphatic rings. The first kappa shape index (κ1) is 83.6. The van der Waals surface area contributed by atoms with Crippen LogP contribution in [0.4, 0.5) is 0 Å². The number of ketones is 4. The summed E-state index contributed by atoms with van der Waals surface area (Å²) in [7, 11) is 3.88. The SMILES string of the molecule is CC(=O)[O-].CC(C)C1=CC(Oc2c(Cl)cc(C3=NN(C)C(=O)CC3=O)cc2Cl)=NCC1=O.CC(C)c1cc(Oc2c(Cl)cc(B3OC(C)(C)C(C)(C)O3)cc2Cl)nnc1Cl.CC(C)c1cc(Oc2c(Cl)cc(C3=NN(C)C(=O)CC3=O)cc2Cl)nnc1Cl.CN1N=C(Br)C(=O)CC1=O.[Na+]. The van der Waals surface area contributed by atoms with E-state index in [9.17, 15) is 33.6 Å². The standard InChI is InChI=1S/C19H22BCl3N2O3.C19H17Cl2N3O4.C18H15Cl3N4O3.C5H5BrN2O2.C2H4O2.Na/c1-10(2)12-9-15(24-25-17(12)23)26-16-13(21)7-11(8-14(16)22)20-27-18(3,4)19(5,6)28-20;1-9(2)11-6-16(22-8-15(11)26)28-19-12(20)4-10(5-13(19)21)18-14(25)7-17(27)24(3)23-18;1-8(2)10-6-14(22-23-18(10)21)28-17-11(19)4-9(5-12(17)20)16-13(26)7-15(27)25(3)24-16;1-8-4(10)2-3(9)5(6)7-8;1-2(3)4;/h7-10H,1-6H3;4-6,9H,7-8H2,1-3H3;4-6,8H,7H2,1-3H3;2H2,1H3;1H3,(H,3,4);/q;;;;;+1/p-1. The fourth-order valence-electron chi connectivity index (χ4n) is 8.60. The average Bonchev–Trinajstić information content (AvgIpc) is 1.68. The van der Waals surface area contributed by atoms with Crippen LogP contribution >= 0.6 is 109 Å². The number of dihydropyridines is 1. The summed E-state index contributed by atoms with van der Waals surface area (Å²) in [6, 6.07) is 12.8. The molecule has 0 atom stereocenters.